The van der Waals surface area contributed by atoms with Crippen LogP contribution < -0.4 is 0 Å². The van der Waals surface area contributed by atoms with Gasteiger partial charge >= 0.3 is 0 Å². The minimum atomic E-state index is 0.155. The Morgan fingerprint density at radius 1 is 1.19 bits per heavy atom. The normalized spacial score (nSPS) is 23.6. The van der Waals surface area contributed by atoms with E-state index in [1.54, 1.807) is 0 Å². The zero-order chi connectivity index (χ0) is 17.6. The summed E-state index contributed by atoms with van der Waals surface area (Å²) in [5, 5.41) is 1.10. The second kappa shape index (κ2) is 6.39. The van der Waals surface area contributed by atoms with Gasteiger partial charge in [0.1, 0.15) is 0 Å². The third-order valence-electron chi connectivity index (χ3n) is 6.50. The standard InChI is InChI=1S/C21H27N3O2/c25-20(18-3-4-19-17(13-18)5-8-22-19)23-9-6-21(7-10-23)15-26-12-11-24(21)14-16-1-2-16/h3-5,8,13,16,22H,1-2,6-7,9-12,14-15H2. The van der Waals surface area contributed by atoms with E-state index in [9.17, 15) is 4.79 Å². The largest absolute Gasteiger partial charge is 0.378 e. The molecule has 3 fully saturated rings. The first kappa shape index (κ1) is 16.3. The smallest absolute Gasteiger partial charge is 0.253 e. The number of hydrogen-bond acceptors (Lipinski definition) is 3. The van der Waals surface area contributed by atoms with Gasteiger partial charge in [-0.05, 0) is 55.9 Å². The summed E-state index contributed by atoms with van der Waals surface area (Å²) in [6, 6.07) is 7.96. The SMILES string of the molecule is O=C(c1ccc2[nH]ccc2c1)N1CCC2(CC1)COCCN2CC1CC1. The van der Waals surface area contributed by atoms with E-state index in [1.807, 2.05) is 35.4 Å². The van der Waals surface area contributed by atoms with Crippen molar-refractivity contribution in [1.82, 2.24) is 14.8 Å². The van der Waals surface area contributed by atoms with Crippen LogP contribution in [-0.4, -0.2) is 65.6 Å². The number of H-pyrrole nitrogens is 1. The number of piperidine rings is 1. The van der Waals surface area contributed by atoms with E-state index in [-0.39, 0.29) is 11.4 Å². The van der Waals surface area contributed by atoms with Crippen LogP contribution >= 0.6 is 0 Å². The van der Waals surface area contributed by atoms with Crippen molar-refractivity contribution in [3.63, 3.8) is 0 Å². The first-order valence-corrected chi connectivity index (χ1v) is 9.93. The number of carbonyl (C=O) groups is 1. The van der Waals surface area contributed by atoms with Crippen molar-refractivity contribution in [1.29, 1.82) is 0 Å². The van der Waals surface area contributed by atoms with Crippen LogP contribution in [0, 0.1) is 5.92 Å². The van der Waals surface area contributed by atoms with E-state index < -0.39 is 0 Å². The van der Waals surface area contributed by atoms with Gasteiger partial charge in [0, 0.05) is 54.4 Å². The van der Waals surface area contributed by atoms with Crippen LogP contribution in [0.2, 0.25) is 0 Å². The van der Waals surface area contributed by atoms with Gasteiger partial charge in [0.05, 0.1) is 13.2 Å². The molecule has 0 atom stereocenters. The number of aromatic nitrogens is 1. The molecule has 1 N–H and O–H groups in total. The van der Waals surface area contributed by atoms with E-state index in [0.717, 1.165) is 68.1 Å². The Labute approximate surface area is 154 Å². The molecule has 0 bridgehead atoms. The van der Waals surface area contributed by atoms with Gasteiger partial charge in [-0.15, -0.1) is 0 Å². The maximum absolute atomic E-state index is 13.0. The Kier molecular flexibility index (Phi) is 4.02. The highest BCUT2D eigenvalue weighted by Crippen LogP contribution is 2.37. The van der Waals surface area contributed by atoms with Crippen molar-refractivity contribution < 1.29 is 9.53 Å². The van der Waals surface area contributed by atoms with Gasteiger partial charge in [0.2, 0.25) is 0 Å². The topological polar surface area (TPSA) is 48.6 Å². The molecular weight excluding hydrogens is 326 g/mol. The number of fused-ring (bicyclic) bond motifs is 1. The molecule has 5 nitrogen and oxygen atoms in total. The molecule has 3 heterocycles. The van der Waals surface area contributed by atoms with E-state index in [0.29, 0.717) is 0 Å². The van der Waals surface area contributed by atoms with Crippen LogP contribution in [0.1, 0.15) is 36.0 Å². The van der Waals surface area contributed by atoms with Gasteiger partial charge in [0.25, 0.3) is 5.91 Å². The molecule has 1 aromatic carbocycles. The minimum Gasteiger partial charge on any atom is -0.378 e. The first-order valence-electron chi connectivity index (χ1n) is 9.93. The number of hydrogen-bond donors (Lipinski definition) is 1. The lowest BCUT2D eigenvalue weighted by molar-refractivity contribution is -0.0932. The molecule has 0 unspecified atom stereocenters. The molecule has 1 spiro atoms. The van der Waals surface area contributed by atoms with E-state index in [2.05, 4.69) is 9.88 Å². The Bertz CT molecular complexity index is 802. The lowest BCUT2D eigenvalue weighted by atomic mass is 9.85. The Hall–Kier alpha value is -1.85. The molecule has 2 aromatic rings. The van der Waals surface area contributed by atoms with Crippen LogP contribution in [0.5, 0.6) is 0 Å². The third kappa shape index (κ3) is 2.93. The summed E-state index contributed by atoms with van der Waals surface area (Å²) < 4.78 is 5.87. The predicted molar refractivity (Wildman–Crippen MR) is 101 cm³/mol. The van der Waals surface area contributed by atoms with E-state index >= 15 is 0 Å². The van der Waals surface area contributed by atoms with Crippen molar-refractivity contribution in [2.45, 2.75) is 31.2 Å². The quantitative estimate of drug-likeness (QED) is 0.923. The van der Waals surface area contributed by atoms with Gasteiger partial charge in [-0.25, -0.2) is 0 Å². The fourth-order valence-corrected chi connectivity index (χ4v) is 4.62. The summed E-state index contributed by atoms with van der Waals surface area (Å²) in [5.41, 5.74) is 2.03. The number of aromatic amines is 1. The summed E-state index contributed by atoms with van der Waals surface area (Å²) in [6.45, 7) is 5.62. The predicted octanol–water partition coefficient (Wildman–Crippen LogP) is 2.88. The lowest BCUT2D eigenvalue weighted by Gasteiger charge is -2.51. The molecule has 2 aliphatic heterocycles. The van der Waals surface area contributed by atoms with Crippen molar-refractivity contribution in [2.75, 3.05) is 39.4 Å². The number of benzene rings is 1. The molecule has 1 amide bonds. The molecule has 1 saturated carbocycles. The molecule has 2 saturated heterocycles. The molecule has 1 aliphatic carbocycles. The summed E-state index contributed by atoms with van der Waals surface area (Å²) >= 11 is 0. The van der Waals surface area contributed by atoms with Crippen molar-refractivity contribution in [3.8, 4) is 0 Å². The first-order chi connectivity index (χ1) is 12.7. The Morgan fingerprint density at radius 2 is 2.04 bits per heavy atom. The third-order valence-corrected chi connectivity index (χ3v) is 6.50. The monoisotopic (exact) mass is 353 g/mol. The van der Waals surface area contributed by atoms with Gasteiger partial charge in [-0.1, -0.05) is 0 Å². The number of morpholine rings is 1. The highest BCUT2D eigenvalue weighted by Gasteiger charge is 2.44. The molecule has 138 valence electrons. The van der Waals surface area contributed by atoms with Crippen molar-refractivity contribution in [2.24, 2.45) is 5.92 Å². The van der Waals surface area contributed by atoms with Gasteiger partial charge < -0.3 is 14.6 Å². The zero-order valence-corrected chi connectivity index (χ0v) is 15.2. The van der Waals surface area contributed by atoms with E-state index in [1.165, 1.54) is 19.4 Å². The summed E-state index contributed by atoms with van der Waals surface area (Å²) in [4.78, 5) is 20.9. The number of nitrogens with one attached hydrogen (secondary N) is 1. The van der Waals surface area contributed by atoms with Crippen LogP contribution in [0.25, 0.3) is 10.9 Å². The number of likely N-dealkylation sites (tertiary alicyclic amines) is 1. The molecule has 5 heteroatoms. The maximum Gasteiger partial charge on any atom is 0.253 e. The number of amides is 1. The highest BCUT2D eigenvalue weighted by atomic mass is 16.5. The van der Waals surface area contributed by atoms with Crippen molar-refractivity contribution in [3.05, 3.63) is 36.0 Å². The van der Waals surface area contributed by atoms with Crippen LogP contribution in [-0.2, 0) is 4.74 Å². The van der Waals surface area contributed by atoms with Gasteiger partial charge in [-0.2, -0.15) is 0 Å². The lowest BCUT2D eigenvalue weighted by Crippen LogP contribution is -2.62. The number of carbonyl (C=O) groups excluding carboxylic acids is 1. The number of nitrogens with zero attached hydrogens (tertiary/aromatic N) is 2. The molecule has 5 rings (SSSR count). The molecular formula is C21H27N3O2. The van der Waals surface area contributed by atoms with Crippen LogP contribution in [0.15, 0.2) is 30.5 Å². The average molecular weight is 353 g/mol. The fraction of sp³-hybridized carbons (Fsp3) is 0.571. The highest BCUT2D eigenvalue weighted by molar-refractivity contribution is 5.98. The maximum atomic E-state index is 13.0. The molecule has 0 radical (unpaired) electrons. The van der Waals surface area contributed by atoms with Gasteiger partial charge in [-0.3, -0.25) is 9.69 Å². The average Bonchev–Trinajstić information content (AvgIpc) is 3.37. The number of ether oxygens (including phenoxy) is 1. The second-order valence-corrected chi connectivity index (χ2v) is 8.24. The summed E-state index contributed by atoms with van der Waals surface area (Å²) in [6.07, 6.45) is 6.75. The number of rotatable bonds is 3. The van der Waals surface area contributed by atoms with Crippen LogP contribution in [0.4, 0.5) is 0 Å². The fourth-order valence-electron chi connectivity index (χ4n) is 4.62. The van der Waals surface area contributed by atoms with Gasteiger partial charge in [0.15, 0.2) is 0 Å². The molecule has 1 aromatic heterocycles. The Balaban J connectivity index is 1.28. The zero-order valence-electron chi connectivity index (χ0n) is 15.2. The van der Waals surface area contributed by atoms with E-state index in [4.69, 9.17) is 4.74 Å². The summed E-state index contributed by atoms with van der Waals surface area (Å²) in [5.74, 6) is 1.06. The van der Waals surface area contributed by atoms with Crippen LogP contribution in [0.3, 0.4) is 0 Å². The minimum absolute atomic E-state index is 0.155. The summed E-state index contributed by atoms with van der Waals surface area (Å²) in [7, 11) is 0. The molecule has 3 aliphatic rings. The molecule has 26 heavy (non-hydrogen) atoms. The second-order valence-electron chi connectivity index (χ2n) is 8.24. The Morgan fingerprint density at radius 3 is 2.85 bits per heavy atom. The van der Waals surface area contributed by atoms with Crippen molar-refractivity contribution >= 4 is 16.8 Å².